The van der Waals surface area contributed by atoms with Crippen LogP contribution >= 0.6 is 0 Å². The molecular weight excluding hydrogens is 275 g/mol. The Bertz CT molecular complexity index is 301. The Hall–Kier alpha value is 0.774. The van der Waals surface area contributed by atoms with Gasteiger partial charge in [-0.15, -0.1) is 0 Å². The van der Waals surface area contributed by atoms with E-state index in [9.17, 15) is 0 Å². The first-order valence-electron chi connectivity index (χ1n) is 5.28. The Balaban J connectivity index is 0. The van der Waals surface area contributed by atoms with Crippen molar-refractivity contribution in [3.8, 4) is 0 Å². The molecule has 0 aromatic rings. The van der Waals surface area contributed by atoms with Crippen molar-refractivity contribution in [2.75, 3.05) is 0 Å². The van der Waals surface area contributed by atoms with Crippen LogP contribution in [0.5, 0.6) is 0 Å². The van der Waals surface area contributed by atoms with Crippen LogP contribution in [0.2, 0.25) is 0 Å². The quantitative estimate of drug-likeness (QED) is 0.464. The molecule has 0 radical (unpaired) electrons. The van der Waals surface area contributed by atoms with Gasteiger partial charge in [-0.05, 0) is 0 Å². The average Bonchev–Trinajstić information content (AvgIpc) is 2.27. The number of allylic oxidation sites excluding steroid dienone is 4. The second kappa shape index (κ2) is 6.09. The molecule has 0 atom stereocenters. The largest absolute Gasteiger partial charge is 1.00 e. The van der Waals surface area contributed by atoms with E-state index in [2.05, 4.69) is 68.1 Å². The van der Waals surface area contributed by atoms with Crippen molar-refractivity contribution in [1.29, 1.82) is 0 Å². The summed E-state index contributed by atoms with van der Waals surface area (Å²) in [7, 11) is 0. The summed E-state index contributed by atoms with van der Waals surface area (Å²) in [6.45, 7) is 13.8. The van der Waals surface area contributed by atoms with Crippen LogP contribution in [-0.2, 0) is 20.4 Å². The number of rotatable bonds is 0. The van der Waals surface area contributed by atoms with Gasteiger partial charge in [0.05, 0.1) is 0 Å². The number of hydrogen-bond acceptors (Lipinski definition) is 0. The molecule has 0 aromatic heterocycles. The van der Waals surface area contributed by atoms with Crippen LogP contribution in [0.4, 0.5) is 0 Å². The Kier molecular flexibility index (Phi) is 7.28. The second-order valence-corrected chi connectivity index (χ2v) is 7.18. The Morgan fingerprint density at radius 3 is 1.56 bits per heavy atom. The van der Waals surface area contributed by atoms with Crippen LogP contribution < -0.4 is 24.8 Å². The molecule has 0 saturated heterocycles. The van der Waals surface area contributed by atoms with Gasteiger partial charge in [0.1, 0.15) is 0 Å². The standard InChI is InChI=1S/C13H21.2ClH.Ti/c1-12(2,3)10-7-8-11(9-10)13(4,5)6;;;/h9H,7H2,1-6H3;2*1H;/q;;;+2/p-2. The molecular formula is C13H21Cl2Ti. The molecule has 16 heavy (non-hydrogen) atoms. The molecule has 0 aromatic carbocycles. The normalized spacial score (nSPS) is 16.6. The third-order valence-corrected chi connectivity index (χ3v) is 3.48. The summed E-state index contributed by atoms with van der Waals surface area (Å²) in [4.78, 5) is 0. The third kappa shape index (κ3) is 4.57. The van der Waals surface area contributed by atoms with Gasteiger partial charge in [0.15, 0.2) is 0 Å². The van der Waals surface area contributed by atoms with Crippen molar-refractivity contribution in [2.24, 2.45) is 10.8 Å². The van der Waals surface area contributed by atoms with Crippen molar-refractivity contribution < 1.29 is 45.2 Å². The summed E-state index contributed by atoms with van der Waals surface area (Å²) in [6.07, 6.45) is 3.60. The van der Waals surface area contributed by atoms with Gasteiger partial charge < -0.3 is 24.8 Å². The molecule has 0 unspecified atom stereocenters. The van der Waals surface area contributed by atoms with Gasteiger partial charge in [0.2, 0.25) is 0 Å². The van der Waals surface area contributed by atoms with E-state index >= 15 is 0 Å². The van der Waals surface area contributed by atoms with E-state index in [1.54, 1.807) is 15.0 Å². The summed E-state index contributed by atoms with van der Waals surface area (Å²) in [5, 5.41) is 0. The first-order chi connectivity index (χ1) is 6.12. The van der Waals surface area contributed by atoms with Crippen LogP contribution in [0.25, 0.3) is 0 Å². The number of halogens is 2. The monoisotopic (exact) mass is 295 g/mol. The van der Waals surface area contributed by atoms with E-state index < -0.39 is 0 Å². The molecule has 0 bridgehead atoms. The minimum Gasteiger partial charge on any atom is -1.00 e. The maximum Gasteiger partial charge on any atom is -1.00 e. The van der Waals surface area contributed by atoms with Crippen molar-refractivity contribution in [1.82, 2.24) is 0 Å². The molecule has 0 saturated carbocycles. The van der Waals surface area contributed by atoms with E-state index in [0.717, 1.165) is 0 Å². The molecule has 0 fully saturated rings. The first kappa shape index (κ1) is 19.1. The zero-order valence-electron chi connectivity index (χ0n) is 11.0. The molecule has 1 aliphatic carbocycles. The van der Waals surface area contributed by atoms with Gasteiger partial charge in [0.25, 0.3) is 0 Å². The second-order valence-electron chi connectivity index (χ2n) is 6.24. The fraction of sp³-hybridized carbons (Fsp3) is 0.692. The van der Waals surface area contributed by atoms with Gasteiger partial charge >= 0.3 is 100 Å². The summed E-state index contributed by atoms with van der Waals surface area (Å²) < 4.78 is 1.56. The molecule has 91 valence electrons. The molecule has 1 aliphatic rings. The predicted octanol–water partition coefficient (Wildman–Crippen LogP) is -1.78. The Labute approximate surface area is 125 Å². The van der Waals surface area contributed by atoms with E-state index in [1.807, 2.05) is 0 Å². The fourth-order valence-corrected chi connectivity index (χ4v) is 2.74. The number of hydrogen-bond donors (Lipinski definition) is 0. The zero-order chi connectivity index (χ0) is 11.1. The Morgan fingerprint density at radius 2 is 1.38 bits per heavy atom. The van der Waals surface area contributed by atoms with Crippen LogP contribution in [0.15, 0.2) is 21.1 Å². The van der Waals surface area contributed by atoms with E-state index in [-0.39, 0.29) is 24.8 Å². The van der Waals surface area contributed by atoms with Crippen LogP contribution in [0, 0.1) is 10.8 Å². The molecule has 0 aliphatic heterocycles. The smallest absolute Gasteiger partial charge is 1.00 e. The minimum atomic E-state index is 0. The fourth-order valence-electron chi connectivity index (χ4n) is 1.75. The molecule has 0 N–H and O–H groups in total. The van der Waals surface area contributed by atoms with Gasteiger partial charge in [-0.25, -0.2) is 0 Å². The zero-order valence-corrected chi connectivity index (χ0v) is 14.1. The third-order valence-electron chi connectivity index (χ3n) is 2.78. The predicted molar refractivity (Wildman–Crippen MR) is 58.6 cm³/mol. The summed E-state index contributed by atoms with van der Waals surface area (Å²) in [6, 6.07) is 0. The molecule has 0 amide bonds. The van der Waals surface area contributed by atoms with E-state index in [0.29, 0.717) is 10.8 Å². The van der Waals surface area contributed by atoms with Crippen LogP contribution in [0.3, 0.4) is 0 Å². The minimum absolute atomic E-state index is 0. The van der Waals surface area contributed by atoms with Crippen molar-refractivity contribution in [2.45, 2.75) is 48.0 Å². The first-order valence-corrected chi connectivity index (χ1v) is 6.07. The average molecular weight is 296 g/mol. The molecule has 1 rings (SSSR count). The van der Waals surface area contributed by atoms with Crippen molar-refractivity contribution >= 4 is 0 Å². The Morgan fingerprint density at radius 1 is 0.938 bits per heavy atom. The summed E-state index contributed by atoms with van der Waals surface area (Å²) in [5.74, 6) is 0. The van der Waals surface area contributed by atoms with Gasteiger partial charge in [-0.1, -0.05) is 0 Å². The van der Waals surface area contributed by atoms with Gasteiger partial charge in [0, 0.05) is 0 Å². The molecule has 3 heteroatoms. The molecule has 0 spiro atoms. The van der Waals surface area contributed by atoms with E-state index in [4.69, 9.17) is 0 Å². The molecule has 0 heterocycles. The summed E-state index contributed by atoms with van der Waals surface area (Å²) >= 11 is 2.27. The van der Waals surface area contributed by atoms with Gasteiger partial charge in [-0.2, -0.15) is 0 Å². The van der Waals surface area contributed by atoms with E-state index in [1.165, 1.54) is 6.42 Å². The van der Waals surface area contributed by atoms with Crippen LogP contribution in [-0.4, -0.2) is 0 Å². The van der Waals surface area contributed by atoms with Crippen molar-refractivity contribution in [3.05, 3.63) is 21.1 Å². The maximum atomic E-state index is 2.43. The SMILES string of the molecule is CC(C)(C)C1=CC(C(C)(C)C)=[C]([Ti+2])C1.[Cl-].[Cl-]. The van der Waals surface area contributed by atoms with Crippen LogP contribution in [0.1, 0.15) is 48.0 Å². The molecule has 0 nitrogen and oxygen atoms in total. The summed E-state index contributed by atoms with van der Waals surface area (Å²) in [5.41, 5.74) is 3.76. The maximum absolute atomic E-state index is 2.43. The van der Waals surface area contributed by atoms with Gasteiger partial charge in [-0.3, -0.25) is 0 Å². The van der Waals surface area contributed by atoms with Crippen molar-refractivity contribution in [3.63, 3.8) is 0 Å². The topological polar surface area (TPSA) is 0 Å².